The van der Waals surface area contributed by atoms with Gasteiger partial charge in [-0.1, -0.05) is 0 Å². The van der Waals surface area contributed by atoms with Crippen molar-refractivity contribution in [2.75, 3.05) is 13.7 Å². The number of nitrogens with zero attached hydrogens (tertiary/aromatic N) is 2. The van der Waals surface area contributed by atoms with E-state index in [1.54, 1.807) is 6.07 Å². The quantitative estimate of drug-likeness (QED) is 0.459. The molecule has 2 N–H and O–H groups in total. The number of fused-ring (bicyclic) bond motifs is 1. The number of carbonyl (C=O) groups excluding carboxylic acids is 1. The molecule has 1 heterocycles. The molecule has 0 fully saturated rings. The molecule has 7 heteroatoms. The SMILES string of the molecule is COc1ccc2c(c1)[n+]([O-])c(C(=O)CN)c(C)[n+]2[O-]. The van der Waals surface area contributed by atoms with Crippen LogP contribution < -0.4 is 19.9 Å². The smallest absolute Gasteiger partial charge is 0.330 e. The number of nitrogens with two attached hydrogens (primary N) is 1. The number of carbonyl (C=O) groups is 1. The Bertz CT molecular complexity index is 670. The second kappa shape index (κ2) is 4.69. The van der Waals surface area contributed by atoms with Crippen LogP contribution >= 0.6 is 0 Å². The van der Waals surface area contributed by atoms with E-state index in [0.717, 1.165) is 0 Å². The van der Waals surface area contributed by atoms with E-state index in [9.17, 15) is 15.2 Å². The maximum absolute atomic E-state index is 12.2. The summed E-state index contributed by atoms with van der Waals surface area (Å²) in [4.78, 5) is 11.7. The first-order valence-corrected chi connectivity index (χ1v) is 5.58. The molecule has 0 saturated carbocycles. The molecule has 0 atom stereocenters. The van der Waals surface area contributed by atoms with Gasteiger partial charge in [0.2, 0.25) is 5.78 Å². The van der Waals surface area contributed by atoms with Gasteiger partial charge in [0.15, 0.2) is 0 Å². The van der Waals surface area contributed by atoms with E-state index in [1.807, 2.05) is 0 Å². The highest BCUT2D eigenvalue weighted by Crippen LogP contribution is 2.16. The van der Waals surface area contributed by atoms with Crippen molar-refractivity contribution in [1.82, 2.24) is 0 Å². The third-order valence-electron chi connectivity index (χ3n) is 2.92. The van der Waals surface area contributed by atoms with Crippen LogP contribution in [-0.2, 0) is 0 Å². The average Bonchev–Trinajstić information content (AvgIpc) is 2.44. The van der Waals surface area contributed by atoms with Gasteiger partial charge in [0, 0.05) is 13.0 Å². The van der Waals surface area contributed by atoms with Crippen LogP contribution in [0, 0.1) is 17.3 Å². The summed E-state index contributed by atoms with van der Waals surface area (Å²) in [6, 6.07) is 4.45. The number of rotatable bonds is 3. The minimum atomic E-state index is -0.582. The highest BCUT2D eigenvalue weighted by molar-refractivity contribution is 5.95. The van der Waals surface area contributed by atoms with Crippen LogP contribution in [-0.4, -0.2) is 19.4 Å². The first-order chi connectivity index (χ1) is 9.01. The third-order valence-corrected chi connectivity index (χ3v) is 2.92. The van der Waals surface area contributed by atoms with Gasteiger partial charge in [-0.05, 0) is 6.07 Å². The van der Waals surface area contributed by atoms with E-state index in [2.05, 4.69) is 0 Å². The largest absolute Gasteiger partial charge is 0.618 e. The van der Waals surface area contributed by atoms with Crippen molar-refractivity contribution in [3.8, 4) is 5.75 Å². The van der Waals surface area contributed by atoms with Crippen LogP contribution in [0.4, 0.5) is 0 Å². The zero-order valence-corrected chi connectivity index (χ0v) is 10.5. The first kappa shape index (κ1) is 13.0. The second-order valence-corrected chi connectivity index (χ2v) is 4.00. The molecule has 100 valence electrons. The molecule has 0 unspecified atom stereocenters. The number of aromatic nitrogens is 2. The Hall–Kier alpha value is -2.41. The number of ether oxygens (including phenoxy) is 1. The molecule has 0 amide bonds. The average molecular weight is 263 g/mol. The zero-order chi connectivity index (χ0) is 14.2. The highest BCUT2D eigenvalue weighted by Gasteiger charge is 2.29. The van der Waals surface area contributed by atoms with Crippen molar-refractivity contribution in [2.45, 2.75) is 6.92 Å². The summed E-state index contributed by atoms with van der Waals surface area (Å²) in [5.41, 5.74) is 5.28. The standard InChI is InChI=1S/C12H13N3O4/c1-7-12(11(16)6-13)15(18)10-5-8(19-2)3-4-9(10)14(7)17/h3-5H,6,13H2,1-2H3. The van der Waals surface area contributed by atoms with E-state index in [1.165, 1.54) is 26.2 Å². The zero-order valence-electron chi connectivity index (χ0n) is 10.5. The molecular weight excluding hydrogens is 250 g/mol. The summed E-state index contributed by atoms with van der Waals surface area (Å²) in [5.74, 6) is -0.158. The van der Waals surface area contributed by atoms with Gasteiger partial charge in [-0.25, -0.2) is 0 Å². The maximum atomic E-state index is 12.2. The molecule has 1 aromatic heterocycles. The minimum Gasteiger partial charge on any atom is -0.618 e. The van der Waals surface area contributed by atoms with Crippen molar-refractivity contribution >= 4 is 16.8 Å². The number of benzene rings is 1. The van der Waals surface area contributed by atoms with E-state index in [-0.39, 0.29) is 29.0 Å². The number of ketones is 1. The second-order valence-electron chi connectivity index (χ2n) is 4.00. The van der Waals surface area contributed by atoms with E-state index >= 15 is 0 Å². The van der Waals surface area contributed by atoms with Crippen LogP contribution in [0.25, 0.3) is 11.0 Å². The number of hydrogen-bond acceptors (Lipinski definition) is 5. The summed E-state index contributed by atoms with van der Waals surface area (Å²) < 4.78 is 5.98. The predicted molar refractivity (Wildman–Crippen MR) is 66.5 cm³/mol. The van der Waals surface area contributed by atoms with Crippen molar-refractivity contribution < 1.29 is 19.0 Å². The maximum Gasteiger partial charge on any atom is 0.330 e. The Morgan fingerprint density at radius 3 is 2.58 bits per heavy atom. The predicted octanol–water partition coefficient (Wildman–Crippen LogP) is -0.435. The number of Topliss-reactive ketones (excluding diaryl/α,β-unsaturated/α-hetero) is 1. The molecule has 0 bridgehead atoms. The Morgan fingerprint density at radius 1 is 1.32 bits per heavy atom. The van der Waals surface area contributed by atoms with Gasteiger partial charge in [0.25, 0.3) is 16.7 Å². The van der Waals surface area contributed by atoms with Crippen LogP contribution in [0.1, 0.15) is 16.2 Å². The fraction of sp³-hybridized carbons (Fsp3) is 0.250. The molecule has 0 radical (unpaired) electrons. The van der Waals surface area contributed by atoms with Gasteiger partial charge < -0.3 is 20.9 Å². The van der Waals surface area contributed by atoms with Gasteiger partial charge in [-0.3, -0.25) is 4.79 Å². The van der Waals surface area contributed by atoms with Crippen molar-refractivity contribution in [2.24, 2.45) is 5.73 Å². The van der Waals surface area contributed by atoms with Crippen LogP contribution in [0.3, 0.4) is 0 Å². The molecule has 7 nitrogen and oxygen atoms in total. The van der Waals surface area contributed by atoms with E-state index in [0.29, 0.717) is 15.2 Å². The lowest BCUT2D eigenvalue weighted by atomic mass is 10.2. The number of methoxy groups -OCH3 is 1. The van der Waals surface area contributed by atoms with Crippen molar-refractivity contribution in [3.05, 3.63) is 40.0 Å². The Balaban J connectivity index is 2.88. The molecule has 2 rings (SSSR count). The van der Waals surface area contributed by atoms with Crippen molar-refractivity contribution in [3.63, 3.8) is 0 Å². The summed E-state index contributed by atoms with van der Waals surface area (Å²) in [5, 5.41) is 24.3. The van der Waals surface area contributed by atoms with E-state index in [4.69, 9.17) is 10.5 Å². The van der Waals surface area contributed by atoms with Crippen LogP contribution in [0.5, 0.6) is 5.75 Å². The molecular formula is C12H13N3O4. The lowest BCUT2D eigenvalue weighted by Crippen LogP contribution is -2.47. The van der Waals surface area contributed by atoms with Gasteiger partial charge in [0.05, 0.1) is 19.7 Å². The molecule has 1 aromatic carbocycles. The van der Waals surface area contributed by atoms with Gasteiger partial charge >= 0.3 is 5.69 Å². The van der Waals surface area contributed by atoms with Crippen LogP contribution in [0.15, 0.2) is 18.2 Å². The Labute approximate surface area is 109 Å². The number of hydrogen-bond donors (Lipinski definition) is 1. The fourth-order valence-electron chi connectivity index (χ4n) is 1.92. The molecule has 2 aromatic rings. The summed E-state index contributed by atoms with van der Waals surface area (Å²) in [6.45, 7) is 1.08. The minimum absolute atomic E-state index is 0.0307. The Kier molecular flexibility index (Phi) is 3.22. The van der Waals surface area contributed by atoms with Gasteiger partial charge in [-0.2, -0.15) is 9.46 Å². The first-order valence-electron chi connectivity index (χ1n) is 5.58. The molecule has 0 aliphatic rings. The highest BCUT2D eigenvalue weighted by atomic mass is 16.5. The lowest BCUT2D eigenvalue weighted by Gasteiger charge is -2.10. The molecule has 0 saturated heterocycles. The lowest BCUT2D eigenvalue weighted by molar-refractivity contribution is -0.635. The topological polar surface area (TPSA) is 106 Å². The molecule has 0 aliphatic carbocycles. The van der Waals surface area contributed by atoms with Crippen LogP contribution in [0.2, 0.25) is 0 Å². The molecule has 0 aliphatic heterocycles. The fourth-order valence-corrected chi connectivity index (χ4v) is 1.92. The monoisotopic (exact) mass is 263 g/mol. The normalized spacial score (nSPS) is 10.7. The van der Waals surface area contributed by atoms with Gasteiger partial charge in [0.1, 0.15) is 5.75 Å². The molecule has 19 heavy (non-hydrogen) atoms. The molecule has 0 spiro atoms. The Morgan fingerprint density at radius 2 is 2.00 bits per heavy atom. The summed E-state index contributed by atoms with van der Waals surface area (Å²) >= 11 is 0. The van der Waals surface area contributed by atoms with E-state index < -0.39 is 5.78 Å². The van der Waals surface area contributed by atoms with Crippen molar-refractivity contribution in [1.29, 1.82) is 0 Å². The summed E-state index contributed by atoms with van der Waals surface area (Å²) in [7, 11) is 1.45. The summed E-state index contributed by atoms with van der Waals surface area (Å²) in [6.07, 6.45) is 0. The van der Waals surface area contributed by atoms with Gasteiger partial charge in [-0.15, -0.1) is 0 Å². The third kappa shape index (κ3) is 1.93.